The molecule has 0 aliphatic rings. The highest BCUT2D eigenvalue weighted by Gasteiger charge is 2.17. The average Bonchev–Trinajstić information content (AvgIpc) is 2.23. The van der Waals surface area contributed by atoms with Crippen LogP contribution in [0.1, 0.15) is 38.5 Å². The summed E-state index contributed by atoms with van der Waals surface area (Å²) in [7, 11) is 0. The second kappa shape index (κ2) is 6.14. The van der Waals surface area contributed by atoms with Crippen LogP contribution in [-0.2, 0) is 9.53 Å². The molecule has 1 aromatic rings. The maximum absolute atomic E-state index is 11.6. The van der Waals surface area contributed by atoms with Crippen LogP contribution in [0.15, 0.2) is 24.3 Å². The average molecular weight is 267 g/mol. The first-order valence-corrected chi connectivity index (χ1v) is 7.02. The molecule has 0 aliphatic carbocycles. The van der Waals surface area contributed by atoms with E-state index in [9.17, 15) is 4.79 Å². The van der Waals surface area contributed by atoms with Crippen molar-refractivity contribution in [3.63, 3.8) is 0 Å². The van der Waals surface area contributed by atoms with Gasteiger partial charge in [-0.3, -0.25) is 4.79 Å². The fourth-order valence-corrected chi connectivity index (χ4v) is 2.26. The maximum atomic E-state index is 11.6. The van der Waals surface area contributed by atoms with Gasteiger partial charge < -0.3 is 10.5 Å². The van der Waals surface area contributed by atoms with Crippen molar-refractivity contribution in [2.75, 3.05) is 11.5 Å². The fourth-order valence-electron chi connectivity index (χ4n) is 1.47. The van der Waals surface area contributed by atoms with Gasteiger partial charge in [0.2, 0.25) is 0 Å². The Morgan fingerprint density at radius 2 is 2.11 bits per heavy atom. The Morgan fingerprint density at radius 1 is 1.44 bits per heavy atom. The number of hydrogen-bond acceptors (Lipinski definition) is 4. The summed E-state index contributed by atoms with van der Waals surface area (Å²) in [5.74, 6) is 0.177. The number of ether oxygens (including phenoxy) is 1. The lowest BCUT2D eigenvalue weighted by molar-refractivity contribution is -0.151. The SMILES string of the molecule is CC(SCC(=O)OC(C)(C)C)c1cccc(N)c1. The first-order valence-electron chi connectivity index (χ1n) is 5.97. The summed E-state index contributed by atoms with van der Waals surface area (Å²) < 4.78 is 5.26. The van der Waals surface area contributed by atoms with E-state index in [1.165, 1.54) is 0 Å². The molecule has 100 valence electrons. The molecule has 0 aliphatic heterocycles. The molecular weight excluding hydrogens is 246 g/mol. The van der Waals surface area contributed by atoms with Crippen LogP contribution in [0.25, 0.3) is 0 Å². The molecule has 0 saturated heterocycles. The monoisotopic (exact) mass is 267 g/mol. The van der Waals surface area contributed by atoms with Crippen LogP contribution in [0.5, 0.6) is 0 Å². The topological polar surface area (TPSA) is 52.3 Å². The molecule has 1 unspecified atom stereocenters. The fraction of sp³-hybridized carbons (Fsp3) is 0.500. The van der Waals surface area contributed by atoms with Crippen molar-refractivity contribution in [3.8, 4) is 0 Å². The molecule has 1 atom stereocenters. The Bertz CT molecular complexity index is 413. The second-order valence-electron chi connectivity index (χ2n) is 5.21. The molecule has 0 heterocycles. The van der Waals surface area contributed by atoms with Gasteiger partial charge in [0.25, 0.3) is 0 Å². The van der Waals surface area contributed by atoms with Gasteiger partial charge in [0.05, 0.1) is 5.75 Å². The summed E-state index contributed by atoms with van der Waals surface area (Å²) >= 11 is 1.56. The third-order valence-electron chi connectivity index (χ3n) is 2.25. The molecule has 3 nitrogen and oxygen atoms in total. The van der Waals surface area contributed by atoms with Crippen molar-refractivity contribution in [3.05, 3.63) is 29.8 Å². The van der Waals surface area contributed by atoms with E-state index in [2.05, 4.69) is 6.92 Å². The highest BCUT2D eigenvalue weighted by Crippen LogP contribution is 2.29. The standard InChI is InChI=1S/C14H21NO2S/c1-10(11-6-5-7-12(15)8-11)18-9-13(16)17-14(2,3)4/h5-8,10H,9,15H2,1-4H3. The van der Waals surface area contributed by atoms with Crippen LogP contribution in [0.4, 0.5) is 5.69 Å². The molecule has 0 bridgehead atoms. The molecule has 0 aromatic heterocycles. The van der Waals surface area contributed by atoms with Crippen LogP contribution in [-0.4, -0.2) is 17.3 Å². The lowest BCUT2D eigenvalue weighted by atomic mass is 10.1. The summed E-state index contributed by atoms with van der Waals surface area (Å²) in [4.78, 5) is 11.6. The Kier molecular flexibility index (Phi) is 5.08. The van der Waals surface area contributed by atoms with E-state index in [1.807, 2.05) is 45.0 Å². The summed E-state index contributed by atoms with van der Waals surface area (Å²) in [5.41, 5.74) is 7.19. The smallest absolute Gasteiger partial charge is 0.316 e. The maximum Gasteiger partial charge on any atom is 0.316 e. The highest BCUT2D eigenvalue weighted by atomic mass is 32.2. The molecule has 0 saturated carbocycles. The molecule has 4 heteroatoms. The summed E-state index contributed by atoms with van der Waals surface area (Å²) in [6.45, 7) is 7.68. The lowest BCUT2D eigenvalue weighted by Crippen LogP contribution is -2.25. The van der Waals surface area contributed by atoms with Gasteiger partial charge in [0, 0.05) is 10.9 Å². The van der Waals surface area contributed by atoms with Crippen molar-refractivity contribution in [2.24, 2.45) is 0 Å². The molecule has 0 spiro atoms. The molecule has 0 radical (unpaired) electrons. The predicted molar refractivity (Wildman–Crippen MR) is 77.6 cm³/mol. The summed E-state index contributed by atoms with van der Waals surface area (Å²) in [6, 6.07) is 7.74. The molecule has 18 heavy (non-hydrogen) atoms. The Morgan fingerprint density at radius 3 is 2.67 bits per heavy atom. The van der Waals surface area contributed by atoms with E-state index in [-0.39, 0.29) is 11.2 Å². The second-order valence-corrected chi connectivity index (χ2v) is 6.54. The molecule has 1 aromatic carbocycles. The van der Waals surface area contributed by atoms with E-state index < -0.39 is 5.60 Å². The van der Waals surface area contributed by atoms with Crippen LogP contribution < -0.4 is 5.73 Å². The van der Waals surface area contributed by atoms with Crippen LogP contribution in [0.2, 0.25) is 0 Å². The molecule has 2 N–H and O–H groups in total. The minimum Gasteiger partial charge on any atom is -0.459 e. The van der Waals surface area contributed by atoms with Gasteiger partial charge in [-0.25, -0.2) is 0 Å². The van der Waals surface area contributed by atoms with Gasteiger partial charge in [-0.05, 0) is 45.4 Å². The molecular formula is C14H21NO2S. The van der Waals surface area contributed by atoms with E-state index in [0.29, 0.717) is 5.75 Å². The first kappa shape index (κ1) is 14.9. The number of carbonyl (C=O) groups excluding carboxylic acids is 1. The number of anilines is 1. The van der Waals surface area contributed by atoms with E-state index in [0.717, 1.165) is 11.3 Å². The zero-order chi connectivity index (χ0) is 13.8. The number of hydrogen-bond donors (Lipinski definition) is 1. The Labute approximate surface area is 113 Å². The number of carbonyl (C=O) groups is 1. The van der Waals surface area contributed by atoms with Gasteiger partial charge in [0.1, 0.15) is 5.60 Å². The minimum absolute atomic E-state index is 0.178. The predicted octanol–water partition coefficient (Wildman–Crippen LogP) is 3.40. The van der Waals surface area contributed by atoms with Crippen molar-refractivity contribution >= 4 is 23.4 Å². The minimum atomic E-state index is -0.419. The third kappa shape index (κ3) is 5.45. The quantitative estimate of drug-likeness (QED) is 0.671. The lowest BCUT2D eigenvalue weighted by Gasteiger charge is -2.20. The molecule has 0 amide bonds. The normalized spacial score (nSPS) is 13.1. The summed E-state index contributed by atoms with van der Waals surface area (Å²) in [5, 5.41) is 0.223. The molecule has 1 rings (SSSR count). The van der Waals surface area contributed by atoms with E-state index >= 15 is 0 Å². The Balaban J connectivity index is 2.46. The Hall–Kier alpha value is -1.16. The number of nitrogens with two attached hydrogens (primary N) is 1. The van der Waals surface area contributed by atoms with Crippen molar-refractivity contribution < 1.29 is 9.53 Å². The number of thioether (sulfide) groups is 1. The number of rotatable bonds is 4. The third-order valence-corrected chi connectivity index (χ3v) is 3.43. The highest BCUT2D eigenvalue weighted by molar-refractivity contribution is 8.00. The number of nitrogen functional groups attached to an aromatic ring is 1. The zero-order valence-corrected chi connectivity index (χ0v) is 12.2. The largest absolute Gasteiger partial charge is 0.459 e. The van der Waals surface area contributed by atoms with Crippen molar-refractivity contribution in [1.29, 1.82) is 0 Å². The number of esters is 1. The van der Waals surface area contributed by atoms with Gasteiger partial charge in [-0.15, -0.1) is 11.8 Å². The van der Waals surface area contributed by atoms with Gasteiger partial charge in [-0.2, -0.15) is 0 Å². The first-order chi connectivity index (χ1) is 8.28. The van der Waals surface area contributed by atoms with Gasteiger partial charge in [0.15, 0.2) is 0 Å². The zero-order valence-electron chi connectivity index (χ0n) is 11.4. The van der Waals surface area contributed by atoms with Gasteiger partial charge in [-0.1, -0.05) is 12.1 Å². The van der Waals surface area contributed by atoms with E-state index in [4.69, 9.17) is 10.5 Å². The van der Waals surface area contributed by atoms with Crippen LogP contribution in [0, 0.1) is 0 Å². The van der Waals surface area contributed by atoms with Crippen LogP contribution in [0.3, 0.4) is 0 Å². The number of benzene rings is 1. The van der Waals surface area contributed by atoms with Crippen LogP contribution >= 0.6 is 11.8 Å². The van der Waals surface area contributed by atoms with Crippen molar-refractivity contribution in [1.82, 2.24) is 0 Å². The summed E-state index contributed by atoms with van der Waals surface area (Å²) in [6.07, 6.45) is 0. The van der Waals surface area contributed by atoms with Crippen molar-refractivity contribution in [2.45, 2.75) is 38.5 Å². The molecule has 0 fully saturated rings. The van der Waals surface area contributed by atoms with E-state index in [1.54, 1.807) is 11.8 Å². The van der Waals surface area contributed by atoms with Gasteiger partial charge >= 0.3 is 5.97 Å².